The number of sulfonamides is 1. The molecule has 8 heteroatoms. The van der Waals surface area contributed by atoms with Crippen molar-refractivity contribution in [2.45, 2.75) is 23.4 Å². The van der Waals surface area contributed by atoms with Crippen molar-refractivity contribution in [3.05, 3.63) is 24.8 Å². The van der Waals surface area contributed by atoms with Crippen LogP contribution in [0.4, 0.5) is 0 Å². The Hall–Kier alpha value is -1.67. The third-order valence-corrected chi connectivity index (χ3v) is 4.90. The number of aromatic nitrogens is 2. The maximum atomic E-state index is 12.0. The highest BCUT2D eigenvalue weighted by atomic mass is 32.2. The minimum absolute atomic E-state index is 0.113. The van der Waals surface area contributed by atoms with Crippen LogP contribution >= 0.6 is 0 Å². The van der Waals surface area contributed by atoms with Crippen LogP contribution in [0.3, 0.4) is 0 Å². The van der Waals surface area contributed by atoms with E-state index >= 15 is 0 Å². The number of hydrogen-bond donors (Lipinski definition) is 3. The number of amides is 1. The first-order chi connectivity index (χ1) is 8.43. The van der Waals surface area contributed by atoms with Crippen LogP contribution in [0.5, 0.6) is 0 Å². The monoisotopic (exact) mass is 268 g/mol. The van der Waals surface area contributed by atoms with Crippen LogP contribution in [0, 0.1) is 5.92 Å². The Morgan fingerprint density at radius 1 is 1.50 bits per heavy atom. The molecule has 96 valence electrons. The fourth-order valence-electron chi connectivity index (χ4n) is 2.41. The molecule has 18 heavy (non-hydrogen) atoms. The van der Waals surface area contributed by atoms with Crippen molar-refractivity contribution >= 4 is 15.9 Å². The molecule has 0 unspecified atom stereocenters. The van der Waals surface area contributed by atoms with Crippen LogP contribution in [-0.4, -0.2) is 29.8 Å². The molecule has 2 aliphatic heterocycles. The second-order valence-corrected chi connectivity index (χ2v) is 6.31. The SMILES string of the molecule is C=C1NC(=O)C2(NS(=O)(=O)c3c[nH]cn3)CC1C2. The highest BCUT2D eigenvalue weighted by Gasteiger charge is 2.57. The number of imidazole rings is 1. The van der Waals surface area contributed by atoms with Gasteiger partial charge in [-0.1, -0.05) is 6.58 Å². The third-order valence-electron chi connectivity index (χ3n) is 3.47. The number of H-pyrrole nitrogens is 1. The quantitative estimate of drug-likeness (QED) is 0.686. The number of nitrogens with one attached hydrogen (secondary N) is 3. The Morgan fingerprint density at radius 3 is 2.78 bits per heavy atom. The van der Waals surface area contributed by atoms with Gasteiger partial charge in [0.1, 0.15) is 5.54 Å². The lowest BCUT2D eigenvalue weighted by molar-refractivity contribution is -0.134. The summed E-state index contributed by atoms with van der Waals surface area (Å²) in [6.07, 6.45) is 3.47. The van der Waals surface area contributed by atoms with Crippen LogP contribution in [0.1, 0.15) is 12.8 Å². The number of fused-ring (bicyclic) bond motifs is 2. The summed E-state index contributed by atoms with van der Waals surface area (Å²) < 4.78 is 26.5. The lowest BCUT2D eigenvalue weighted by Gasteiger charge is -2.51. The van der Waals surface area contributed by atoms with Crippen molar-refractivity contribution < 1.29 is 13.2 Å². The summed E-state index contributed by atoms with van der Waals surface area (Å²) in [7, 11) is -3.77. The minimum atomic E-state index is -3.77. The number of rotatable bonds is 3. The molecule has 1 aromatic heterocycles. The van der Waals surface area contributed by atoms with Gasteiger partial charge in [0.25, 0.3) is 10.0 Å². The van der Waals surface area contributed by atoms with Gasteiger partial charge in [-0.05, 0) is 12.8 Å². The average Bonchev–Trinajstić information content (AvgIpc) is 2.73. The third kappa shape index (κ3) is 1.49. The summed E-state index contributed by atoms with van der Waals surface area (Å²) in [6.45, 7) is 3.73. The largest absolute Gasteiger partial charge is 0.350 e. The van der Waals surface area contributed by atoms with E-state index in [4.69, 9.17) is 0 Å². The lowest BCUT2D eigenvalue weighted by atomic mass is 9.64. The molecule has 3 heterocycles. The molecule has 1 saturated carbocycles. The normalized spacial score (nSPS) is 30.8. The Labute approximate surface area is 104 Å². The first kappa shape index (κ1) is 11.4. The van der Waals surface area contributed by atoms with Crippen molar-refractivity contribution in [1.29, 1.82) is 0 Å². The number of piperidine rings is 2. The molecular formula is C10H12N4O3S. The van der Waals surface area contributed by atoms with Crippen LogP contribution in [0.2, 0.25) is 0 Å². The number of allylic oxidation sites excluding steroid dienone is 1. The fourth-order valence-corrected chi connectivity index (χ4v) is 3.71. The Balaban J connectivity index is 1.87. The fraction of sp³-hybridized carbons (Fsp3) is 0.400. The van der Waals surface area contributed by atoms with Gasteiger partial charge in [0.15, 0.2) is 5.03 Å². The standard InChI is InChI=1S/C10H12N4O3S/c1-6-7-2-10(3-7,9(15)13-6)14-18(16,17)8-4-11-5-12-8/h4-5,7,14H,1-3H2,(H,11,12)(H,13,15). The van der Waals surface area contributed by atoms with Crippen molar-refractivity contribution in [3.63, 3.8) is 0 Å². The van der Waals surface area contributed by atoms with E-state index in [1.807, 2.05) is 0 Å². The maximum absolute atomic E-state index is 12.0. The Bertz CT molecular complexity index is 614. The van der Waals surface area contributed by atoms with Gasteiger partial charge in [0.2, 0.25) is 5.91 Å². The first-order valence-corrected chi connectivity index (χ1v) is 6.94. The number of aromatic amines is 1. The summed E-state index contributed by atoms with van der Waals surface area (Å²) >= 11 is 0. The molecule has 2 saturated heterocycles. The number of hydrogen-bond acceptors (Lipinski definition) is 4. The lowest BCUT2D eigenvalue weighted by Crippen LogP contribution is -2.70. The van der Waals surface area contributed by atoms with Gasteiger partial charge in [-0.25, -0.2) is 13.4 Å². The molecule has 1 amide bonds. The van der Waals surface area contributed by atoms with Gasteiger partial charge in [-0.15, -0.1) is 0 Å². The predicted octanol–water partition coefficient (Wildman–Crippen LogP) is -0.520. The highest BCUT2D eigenvalue weighted by Crippen LogP contribution is 2.45. The molecular weight excluding hydrogens is 256 g/mol. The van der Waals surface area contributed by atoms with Gasteiger partial charge < -0.3 is 10.3 Å². The Kier molecular flexibility index (Phi) is 2.17. The van der Waals surface area contributed by atoms with E-state index in [0.717, 1.165) is 0 Å². The van der Waals surface area contributed by atoms with Crippen molar-refractivity contribution in [3.8, 4) is 0 Å². The molecule has 2 bridgehead atoms. The van der Waals surface area contributed by atoms with Crippen LogP contribution in [-0.2, 0) is 14.8 Å². The van der Waals surface area contributed by atoms with Gasteiger partial charge in [0.05, 0.1) is 6.33 Å². The van der Waals surface area contributed by atoms with Crippen LogP contribution in [0.25, 0.3) is 0 Å². The van der Waals surface area contributed by atoms with E-state index in [-0.39, 0.29) is 16.9 Å². The van der Waals surface area contributed by atoms with E-state index in [1.54, 1.807) is 0 Å². The zero-order chi connectivity index (χ0) is 13.0. The van der Waals surface area contributed by atoms with E-state index in [0.29, 0.717) is 18.5 Å². The smallest absolute Gasteiger partial charge is 0.260 e. The predicted molar refractivity (Wildman–Crippen MR) is 61.6 cm³/mol. The van der Waals surface area contributed by atoms with Gasteiger partial charge in [0, 0.05) is 17.8 Å². The summed E-state index contributed by atoms with van der Waals surface area (Å²) in [5, 5.41) is 2.49. The van der Waals surface area contributed by atoms with E-state index in [1.165, 1.54) is 12.5 Å². The molecule has 0 aromatic carbocycles. The zero-order valence-electron chi connectivity index (χ0n) is 9.43. The number of nitrogens with zero attached hydrogens (tertiary/aromatic N) is 1. The van der Waals surface area contributed by atoms with Gasteiger partial charge >= 0.3 is 0 Å². The summed E-state index contributed by atoms with van der Waals surface area (Å²) in [4.78, 5) is 18.1. The molecule has 4 rings (SSSR count). The van der Waals surface area contributed by atoms with Crippen molar-refractivity contribution in [1.82, 2.24) is 20.0 Å². The molecule has 3 fully saturated rings. The molecule has 1 aliphatic carbocycles. The highest BCUT2D eigenvalue weighted by molar-refractivity contribution is 7.89. The summed E-state index contributed by atoms with van der Waals surface area (Å²) in [5.41, 5.74) is -0.371. The van der Waals surface area contributed by atoms with Crippen LogP contribution < -0.4 is 10.0 Å². The Morgan fingerprint density at radius 2 is 2.22 bits per heavy atom. The topological polar surface area (TPSA) is 104 Å². The summed E-state index contributed by atoms with van der Waals surface area (Å²) in [5.74, 6) is -0.182. The first-order valence-electron chi connectivity index (χ1n) is 5.46. The van der Waals surface area contributed by atoms with E-state index in [2.05, 4.69) is 26.6 Å². The van der Waals surface area contributed by atoms with Crippen molar-refractivity contribution in [2.24, 2.45) is 5.92 Å². The van der Waals surface area contributed by atoms with Gasteiger partial charge in [-0.2, -0.15) is 4.72 Å². The van der Waals surface area contributed by atoms with Gasteiger partial charge in [-0.3, -0.25) is 4.79 Å². The molecule has 7 nitrogen and oxygen atoms in total. The molecule has 3 aliphatic rings. The molecule has 0 radical (unpaired) electrons. The minimum Gasteiger partial charge on any atom is -0.350 e. The molecule has 3 N–H and O–H groups in total. The number of carbonyl (C=O) groups is 1. The second kappa shape index (κ2) is 3.42. The average molecular weight is 268 g/mol. The zero-order valence-corrected chi connectivity index (χ0v) is 10.3. The summed E-state index contributed by atoms with van der Waals surface area (Å²) in [6, 6.07) is 0. The van der Waals surface area contributed by atoms with E-state index < -0.39 is 15.6 Å². The van der Waals surface area contributed by atoms with Crippen molar-refractivity contribution in [2.75, 3.05) is 0 Å². The maximum Gasteiger partial charge on any atom is 0.260 e. The molecule has 0 spiro atoms. The molecule has 0 atom stereocenters. The molecule has 1 aromatic rings. The second-order valence-electron chi connectivity index (χ2n) is 4.68. The van der Waals surface area contributed by atoms with Crippen LogP contribution in [0.15, 0.2) is 29.8 Å². The number of carbonyl (C=O) groups excluding carboxylic acids is 1. The van der Waals surface area contributed by atoms with E-state index in [9.17, 15) is 13.2 Å².